The third kappa shape index (κ3) is 5.32. The molecular weight excluding hydrogens is 448 g/mol. The summed E-state index contributed by atoms with van der Waals surface area (Å²) in [5.41, 5.74) is 3.16. The standard InChI is InChI=1S/C27H32N2O6/c1-17(2)15-23(24(30)31)28-25(32)27(11-13-34-14-12-27)29-26(33)35-16-22-20-9-5-3-7-18(20)19-8-4-6-10-21(19)22/h3-10,17,22-23H,11-16H2,1-2H3,(H,28,32)(H,29,33)(H,30,31)/t23-/m1/s1. The zero-order valence-corrected chi connectivity index (χ0v) is 20.1. The third-order valence-corrected chi connectivity index (χ3v) is 6.78. The first-order valence-corrected chi connectivity index (χ1v) is 12.1. The number of carboxylic acid groups (broad SMARTS) is 1. The van der Waals surface area contributed by atoms with Crippen LogP contribution in [0.25, 0.3) is 11.1 Å². The predicted molar refractivity (Wildman–Crippen MR) is 130 cm³/mol. The highest BCUT2D eigenvalue weighted by molar-refractivity contribution is 5.93. The molecule has 2 aliphatic rings. The molecule has 1 atom stereocenters. The molecule has 4 rings (SSSR count). The molecule has 1 saturated heterocycles. The van der Waals surface area contributed by atoms with Crippen molar-refractivity contribution in [2.24, 2.45) is 5.92 Å². The van der Waals surface area contributed by atoms with Gasteiger partial charge in [0.2, 0.25) is 5.91 Å². The maximum atomic E-state index is 13.2. The second-order valence-corrected chi connectivity index (χ2v) is 9.64. The molecule has 2 aromatic carbocycles. The van der Waals surface area contributed by atoms with Gasteiger partial charge in [-0.1, -0.05) is 62.4 Å². The molecule has 35 heavy (non-hydrogen) atoms. The molecule has 0 radical (unpaired) electrons. The summed E-state index contributed by atoms with van der Waals surface area (Å²) in [5, 5.41) is 14.9. The first kappa shape index (κ1) is 24.7. The van der Waals surface area contributed by atoms with Gasteiger partial charge in [-0.3, -0.25) is 4.79 Å². The summed E-state index contributed by atoms with van der Waals surface area (Å²) in [5.74, 6) is -1.65. The van der Waals surface area contributed by atoms with Gasteiger partial charge in [-0.15, -0.1) is 0 Å². The Bertz CT molecular complexity index is 1050. The molecule has 3 N–H and O–H groups in total. The monoisotopic (exact) mass is 480 g/mol. The zero-order chi connectivity index (χ0) is 25.0. The highest BCUT2D eigenvalue weighted by Crippen LogP contribution is 2.44. The van der Waals surface area contributed by atoms with E-state index < -0.39 is 29.6 Å². The van der Waals surface area contributed by atoms with Crippen LogP contribution in [-0.2, 0) is 19.1 Å². The molecule has 2 aromatic rings. The predicted octanol–water partition coefficient (Wildman–Crippen LogP) is 3.69. The van der Waals surface area contributed by atoms with E-state index >= 15 is 0 Å². The number of hydrogen-bond donors (Lipinski definition) is 3. The van der Waals surface area contributed by atoms with Crippen LogP contribution < -0.4 is 10.6 Å². The lowest BCUT2D eigenvalue weighted by Gasteiger charge is -2.37. The topological polar surface area (TPSA) is 114 Å². The van der Waals surface area contributed by atoms with E-state index in [9.17, 15) is 19.5 Å². The Morgan fingerprint density at radius 3 is 2.14 bits per heavy atom. The lowest BCUT2D eigenvalue weighted by atomic mass is 9.88. The van der Waals surface area contributed by atoms with E-state index in [0.29, 0.717) is 6.42 Å². The summed E-state index contributed by atoms with van der Waals surface area (Å²) >= 11 is 0. The lowest BCUT2D eigenvalue weighted by Crippen LogP contribution is -2.63. The van der Waals surface area contributed by atoms with Crippen molar-refractivity contribution < 1.29 is 29.0 Å². The van der Waals surface area contributed by atoms with Gasteiger partial charge in [-0.05, 0) is 34.6 Å². The number of benzene rings is 2. The van der Waals surface area contributed by atoms with Crippen LogP contribution >= 0.6 is 0 Å². The molecule has 1 aliphatic carbocycles. The Hall–Kier alpha value is -3.39. The van der Waals surface area contributed by atoms with Crippen LogP contribution in [-0.4, -0.2) is 54.5 Å². The van der Waals surface area contributed by atoms with Crippen LogP contribution in [0.5, 0.6) is 0 Å². The first-order chi connectivity index (χ1) is 16.8. The molecule has 1 aliphatic heterocycles. The molecule has 1 fully saturated rings. The Balaban J connectivity index is 1.46. The van der Waals surface area contributed by atoms with E-state index in [1.807, 2.05) is 50.2 Å². The molecule has 8 heteroatoms. The number of amides is 2. The summed E-state index contributed by atoms with van der Waals surface area (Å²) in [6.07, 6.45) is 0.0480. The van der Waals surface area contributed by atoms with E-state index in [1.54, 1.807) is 0 Å². The normalized spacial score (nSPS) is 17.2. The number of aliphatic carboxylic acids is 1. The third-order valence-electron chi connectivity index (χ3n) is 6.78. The van der Waals surface area contributed by atoms with E-state index in [0.717, 1.165) is 22.3 Å². The van der Waals surface area contributed by atoms with Crippen LogP contribution in [0.2, 0.25) is 0 Å². The largest absolute Gasteiger partial charge is 0.480 e. The van der Waals surface area contributed by atoms with Crippen molar-refractivity contribution in [3.63, 3.8) is 0 Å². The number of hydrogen-bond acceptors (Lipinski definition) is 5. The van der Waals surface area contributed by atoms with Gasteiger partial charge in [0.25, 0.3) is 0 Å². The number of carboxylic acids is 1. The molecule has 2 amide bonds. The van der Waals surface area contributed by atoms with Crippen molar-refractivity contribution in [3.05, 3.63) is 59.7 Å². The fourth-order valence-electron chi connectivity index (χ4n) is 4.95. The molecule has 0 unspecified atom stereocenters. The number of carbonyl (C=O) groups excluding carboxylic acids is 2. The molecule has 0 saturated carbocycles. The second-order valence-electron chi connectivity index (χ2n) is 9.64. The zero-order valence-electron chi connectivity index (χ0n) is 20.1. The number of ether oxygens (including phenoxy) is 2. The Labute approximate surface area is 205 Å². The summed E-state index contributed by atoms with van der Waals surface area (Å²) in [6.45, 7) is 4.46. The quantitative estimate of drug-likeness (QED) is 0.531. The van der Waals surface area contributed by atoms with Crippen LogP contribution in [0.1, 0.15) is 50.2 Å². The maximum absolute atomic E-state index is 13.2. The number of nitrogens with one attached hydrogen (secondary N) is 2. The molecule has 0 bridgehead atoms. The van der Waals surface area contributed by atoms with Crippen molar-refractivity contribution >= 4 is 18.0 Å². The Morgan fingerprint density at radius 1 is 1.03 bits per heavy atom. The van der Waals surface area contributed by atoms with Gasteiger partial charge in [-0.2, -0.15) is 0 Å². The first-order valence-electron chi connectivity index (χ1n) is 12.1. The fraction of sp³-hybridized carbons (Fsp3) is 0.444. The summed E-state index contributed by atoms with van der Waals surface area (Å²) < 4.78 is 11.1. The molecule has 0 aromatic heterocycles. The van der Waals surface area contributed by atoms with Crippen molar-refractivity contribution in [3.8, 4) is 11.1 Å². The molecule has 1 heterocycles. The van der Waals surface area contributed by atoms with E-state index in [2.05, 4.69) is 22.8 Å². The van der Waals surface area contributed by atoms with Gasteiger partial charge in [0.05, 0.1) is 0 Å². The van der Waals surface area contributed by atoms with Gasteiger partial charge in [0.15, 0.2) is 0 Å². The molecular formula is C27H32N2O6. The van der Waals surface area contributed by atoms with Crippen molar-refractivity contribution in [2.75, 3.05) is 19.8 Å². The number of carbonyl (C=O) groups is 3. The van der Waals surface area contributed by atoms with Gasteiger partial charge >= 0.3 is 12.1 Å². The fourth-order valence-corrected chi connectivity index (χ4v) is 4.95. The molecule has 8 nitrogen and oxygen atoms in total. The van der Waals surface area contributed by atoms with Gasteiger partial charge in [0, 0.05) is 32.0 Å². The summed E-state index contributed by atoms with van der Waals surface area (Å²) in [4.78, 5) is 37.8. The summed E-state index contributed by atoms with van der Waals surface area (Å²) in [7, 11) is 0. The SMILES string of the molecule is CC(C)C[C@@H](NC(=O)C1(NC(=O)OCC2c3ccccc3-c3ccccc32)CCOCC1)C(=O)O. The van der Waals surface area contributed by atoms with Crippen LogP contribution in [0.4, 0.5) is 4.79 Å². The van der Waals surface area contributed by atoms with E-state index in [1.165, 1.54) is 0 Å². The highest BCUT2D eigenvalue weighted by Gasteiger charge is 2.43. The Morgan fingerprint density at radius 2 is 1.60 bits per heavy atom. The number of fused-ring (bicyclic) bond motifs is 3. The minimum absolute atomic E-state index is 0.0807. The second kappa shape index (κ2) is 10.5. The average Bonchev–Trinajstić information content (AvgIpc) is 3.16. The van der Waals surface area contributed by atoms with Crippen molar-refractivity contribution in [1.29, 1.82) is 0 Å². The average molecular weight is 481 g/mol. The van der Waals surface area contributed by atoms with Crippen molar-refractivity contribution in [2.45, 2.75) is 50.6 Å². The lowest BCUT2D eigenvalue weighted by molar-refractivity contribution is -0.144. The van der Waals surface area contributed by atoms with Crippen LogP contribution in [0.15, 0.2) is 48.5 Å². The van der Waals surface area contributed by atoms with Crippen LogP contribution in [0, 0.1) is 5.92 Å². The van der Waals surface area contributed by atoms with E-state index in [4.69, 9.17) is 9.47 Å². The molecule has 186 valence electrons. The minimum Gasteiger partial charge on any atom is -0.480 e. The minimum atomic E-state index is -1.29. The van der Waals surface area contributed by atoms with Crippen LogP contribution in [0.3, 0.4) is 0 Å². The van der Waals surface area contributed by atoms with Crippen molar-refractivity contribution in [1.82, 2.24) is 10.6 Å². The van der Waals surface area contributed by atoms with Gasteiger partial charge in [0.1, 0.15) is 18.2 Å². The maximum Gasteiger partial charge on any atom is 0.408 e. The highest BCUT2D eigenvalue weighted by atomic mass is 16.5. The Kier molecular flexibility index (Phi) is 7.40. The van der Waals surface area contributed by atoms with Gasteiger partial charge in [-0.25, -0.2) is 9.59 Å². The number of alkyl carbamates (subject to hydrolysis) is 1. The smallest absolute Gasteiger partial charge is 0.408 e. The number of rotatable bonds is 8. The van der Waals surface area contributed by atoms with Gasteiger partial charge < -0.3 is 25.2 Å². The molecule has 0 spiro atoms. The summed E-state index contributed by atoms with van der Waals surface area (Å²) in [6, 6.07) is 15.1. The van der Waals surface area contributed by atoms with E-state index in [-0.39, 0.29) is 44.5 Å².